The number of piperidine rings is 2. The van der Waals surface area contributed by atoms with Crippen molar-refractivity contribution in [2.75, 3.05) is 26.0 Å². The molecule has 1 aromatic carbocycles. The first-order valence-corrected chi connectivity index (χ1v) is 14.9. The van der Waals surface area contributed by atoms with E-state index >= 15 is 0 Å². The second-order valence-electron chi connectivity index (χ2n) is 11.1. The number of allylic oxidation sites excluding steroid dienone is 3. The molecule has 16 heteroatoms. The predicted octanol–water partition coefficient (Wildman–Crippen LogP) is 2.35. The molecule has 1 aromatic heterocycles. The molecule has 5 aliphatic rings. The highest BCUT2D eigenvalue weighted by Crippen LogP contribution is 2.52. The van der Waals surface area contributed by atoms with Crippen molar-refractivity contribution in [1.82, 2.24) is 20.4 Å². The van der Waals surface area contributed by atoms with Crippen molar-refractivity contribution in [3.8, 4) is 5.75 Å². The van der Waals surface area contributed by atoms with Crippen LogP contribution in [0.15, 0.2) is 57.1 Å². The average Bonchev–Trinajstić information content (AvgIpc) is 3.35. The zero-order valence-electron chi connectivity index (χ0n) is 22.7. The van der Waals surface area contributed by atoms with Gasteiger partial charge in [-0.3, -0.25) is 4.79 Å². The first-order chi connectivity index (χ1) is 20.3. The standard InChI is InChI=1S/C27H26F3N5O7S/c1-40-25(37)35-11-15-8-26(9-15,13-35)24-34-33-22(41-24)17-7-16(6-14-2-4-18(5-3-14)42-27(28,29)30)20-21(36)19(31)12-43(38,39)23(20)32-10-17/h2-5,7,10,15,19,32H,6,8-9,11-13,31H2,1H3/t15?,19-,26?/m0/s1. The normalized spacial score (nSPS) is 26.3. The maximum absolute atomic E-state index is 13.2. The van der Waals surface area contributed by atoms with E-state index in [9.17, 15) is 31.2 Å². The van der Waals surface area contributed by atoms with Crippen molar-refractivity contribution in [2.24, 2.45) is 11.7 Å². The monoisotopic (exact) mass is 621 g/mol. The number of fused-ring (bicyclic) bond motifs is 2. The van der Waals surface area contributed by atoms with Crippen LogP contribution in [0.25, 0.3) is 5.57 Å². The second-order valence-corrected chi connectivity index (χ2v) is 13.0. The Hall–Kier alpha value is -4.18. The summed E-state index contributed by atoms with van der Waals surface area (Å²) < 4.78 is 78.9. The fraction of sp³-hybridized carbons (Fsp3) is 0.407. The molecule has 43 heavy (non-hydrogen) atoms. The van der Waals surface area contributed by atoms with Crippen LogP contribution in [0.5, 0.6) is 5.75 Å². The van der Waals surface area contributed by atoms with Gasteiger partial charge in [-0.25, -0.2) is 13.2 Å². The number of Topliss-reactive ketones (excluding diaryl/α,β-unsaturated/α-hetero) is 1. The number of ether oxygens (including phenoxy) is 2. The largest absolute Gasteiger partial charge is 0.573 e. The number of hydrogen-bond acceptors (Lipinski definition) is 11. The van der Waals surface area contributed by atoms with Crippen LogP contribution in [-0.4, -0.2) is 73.7 Å². The number of halogens is 3. The molecule has 5 heterocycles. The molecule has 0 radical (unpaired) electrons. The van der Waals surface area contributed by atoms with Gasteiger partial charge in [-0.15, -0.1) is 23.4 Å². The number of nitrogens with one attached hydrogen (secondary N) is 1. The summed E-state index contributed by atoms with van der Waals surface area (Å²) in [5, 5.41) is 10.8. The number of carbonyl (C=O) groups is 2. The highest BCUT2D eigenvalue weighted by molar-refractivity contribution is 7.95. The van der Waals surface area contributed by atoms with E-state index in [1.165, 1.54) is 31.5 Å². The van der Waals surface area contributed by atoms with Crippen molar-refractivity contribution in [3.05, 3.63) is 70.1 Å². The van der Waals surface area contributed by atoms with Crippen LogP contribution >= 0.6 is 0 Å². The molecule has 12 nitrogen and oxygen atoms in total. The predicted molar refractivity (Wildman–Crippen MR) is 142 cm³/mol. The molecule has 2 aromatic rings. The number of hydrogen-bond donors (Lipinski definition) is 2. The highest BCUT2D eigenvalue weighted by Gasteiger charge is 2.55. The second kappa shape index (κ2) is 10.2. The molecule has 7 rings (SSSR count). The molecular weight excluding hydrogens is 595 g/mol. The molecule has 0 unspecified atom stereocenters. The molecule has 3 N–H and O–H groups in total. The third-order valence-electron chi connectivity index (χ3n) is 7.97. The maximum atomic E-state index is 13.2. The Morgan fingerprint density at radius 3 is 2.63 bits per heavy atom. The first kappa shape index (κ1) is 28.9. The van der Waals surface area contributed by atoms with E-state index in [2.05, 4.69) is 20.3 Å². The zero-order chi connectivity index (χ0) is 30.7. The Bertz CT molecular complexity index is 1690. The number of nitrogens with two attached hydrogens (primary N) is 1. The van der Waals surface area contributed by atoms with Crippen molar-refractivity contribution in [2.45, 2.75) is 37.1 Å². The molecule has 228 valence electrons. The maximum Gasteiger partial charge on any atom is 0.573 e. The lowest BCUT2D eigenvalue weighted by Gasteiger charge is -2.53. The number of aromatic nitrogens is 2. The van der Waals surface area contributed by atoms with Gasteiger partial charge in [0.1, 0.15) is 10.8 Å². The minimum atomic E-state index is -4.87. The van der Waals surface area contributed by atoms with Gasteiger partial charge in [0.05, 0.1) is 35.5 Å². The van der Waals surface area contributed by atoms with Crippen molar-refractivity contribution >= 4 is 27.3 Å². The van der Waals surface area contributed by atoms with Crippen LogP contribution in [0.1, 0.15) is 30.2 Å². The van der Waals surface area contributed by atoms with Gasteiger partial charge in [0, 0.05) is 19.3 Å². The summed E-state index contributed by atoms with van der Waals surface area (Å²) in [4.78, 5) is 27.0. The summed E-state index contributed by atoms with van der Waals surface area (Å²) in [6.07, 6.45) is -1.02. The van der Waals surface area contributed by atoms with Crippen LogP contribution in [0, 0.1) is 5.92 Å². The summed E-state index contributed by atoms with van der Waals surface area (Å²) in [7, 11) is -2.69. The van der Waals surface area contributed by atoms with E-state index in [-0.39, 0.29) is 40.0 Å². The number of nitrogens with zero attached hydrogens (tertiary/aromatic N) is 3. The number of benzene rings is 1. The topological polar surface area (TPSA) is 167 Å². The van der Waals surface area contributed by atoms with Crippen LogP contribution in [-0.2, 0) is 31.2 Å². The summed E-state index contributed by atoms with van der Waals surface area (Å²) >= 11 is 0. The molecular formula is C27H26F3N5O7S. The molecule has 1 amide bonds. The summed E-state index contributed by atoms with van der Waals surface area (Å²) in [6.45, 7) is 0.909. The summed E-state index contributed by atoms with van der Waals surface area (Å²) in [5.41, 5.74) is 6.18. The number of carbonyl (C=O) groups excluding carboxylic acids is 2. The summed E-state index contributed by atoms with van der Waals surface area (Å²) in [5.74, 6) is -1.02. The van der Waals surface area contributed by atoms with Gasteiger partial charge in [-0.2, -0.15) is 0 Å². The number of alkyl halides is 3. The number of methoxy groups -OCH3 is 1. The smallest absolute Gasteiger partial charge is 0.453 e. The van der Waals surface area contributed by atoms with Gasteiger partial charge in [-0.05, 0) is 54.5 Å². The van der Waals surface area contributed by atoms with E-state index in [4.69, 9.17) is 14.9 Å². The van der Waals surface area contributed by atoms with Gasteiger partial charge < -0.3 is 29.8 Å². The fourth-order valence-electron chi connectivity index (χ4n) is 6.16. The lowest BCUT2D eigenvalue weighted by Crippen LogP contribution is -2.60. The first-order valence-electron chi connectivity index (χ1n) is 13.2. The molecule has 4 aliphatic heterocycles. The molecule has 1 saturated carbocycles. The van der Waals surface area contributed by atoms with Gasteiger partial charge in [0.2, 0.25) is 11.8 Å². The minimum absolute atomic E-state index is 0.0379. The molecule has 1 atom stereocenters. The van der Waals surface area contributed by atoms with Gasteiger partial charge in [0.15, 0.2) is 15.6 Å². The molecule has 2 saturated heterocycles. The zero-order valence-corrected chi connectivity index (χ0v) is 23.5. The number of amides is 1. The lowest BCUT2D eigenvalue weighted by atomic mass is 9.58. The molecule has 2 bridgehead atoms. The fourth-order valence-corrected chi connectivity index (χ4v) is 7.73. The molecule has 3 fully saturated rings. The number of sulfone groups is 1. The number of rotatable bonds is 5. The quantitative estimate of drug-likeness (QED) is 0.503. The Morgan fingerprint density at radius 2 is 1.95 bits per heavy atom. The van der Waals surface area contributed by atoms with Crippen LogP contribution in [0.4, 0.5) is 18.0 Å². The third-order valence-corrected chi connectivity index (χ3v) is 9.71. The van der Waals surface area contributed by atoms with Crippen LogP contribution in [0.2, 0.25) is 0 Å². The van der Waals surface area contributed by atoms with Gasteiger partial charge in [0.25, 0.3) is 0 Å². The Kier molecular flexibility index (Phi) is 6.87. The average molecular weight is 622 g/mol. The van der Waals surface area contributed by atoms with Crippen LogP contribution in [0.3, 0.4) is 0 Å². The van der Waals surface area contributed by atoms with E-state index < -0.39 is 51.0 Å². The molecule has 0 spiro atoms. The summed E-state index contributed by atoms with van der Waals surface area (Å²) in [6, 6.07) is 3.68. The highest BCUT2D eigenvalue weighted by atomic mass is 32.2. The number of ketones is 1. The van der Waals surface area contributed by atoms with Crippen molar-refractivity contribution < 1.29 is 45.1 Å². The van der Waals surface area contributed by atoms with E-state index in [1.807, 2.05) is 0 Å². The Morgan fingerprint density at radius 1 is 1.23 bits per heavy atom. The van der Waals surface area contributed by atoms with Gasteiger partial charge in [-0.1, -0.05) is 12.1 Å². The SMILES string of the molecule is COC(=O)N1CC2CC(c3nnc(C4=CNC5=C(C(=O)[C@@H](N)CS5(=O)=O)C(Cc5ccc(OC(F)(F)F)cc5)=C4)o3)(C2)C1. The van der Waals surface area contributed by atoms with Crippen molar-refractivity contribution in [3.63, 3.8) is 0 Å². The van der Waals surface area contributed by atoms with E-state index in [0.717, 1.165) is 25.0 Å². The molecule has 1 aliphatic carbocycles. The lowest BCUT2D eigenvalue weighted by molar-refractivity contribution is -0.274. The minimum Gasteiger partial charge on any atom is -0.453 e. The Labute approximate surface area is 243 Å². The third kappa shape index (κ3) is 5.40. The van der Waals surface area contributed by atoms with E-state index in [0.29, 0.717) is 24.5 Å². The van der Waals surface area contributed by atoms with Crippen molar-refractivity contribution in [1.29, 1.82) is 0 Å². The Balaban J connectivity index is 1.35. The van der Waals surface area contributed by atoms with Crippen LogP contribution < -0.4 is 15.8 Å². The van der Waals surface area contributed by atoms with Gasteiger partial charge >= 0.3 is 12.5 Å². The van der Waals surface area contributed by atoms with E-state index in [1.54, 1.807) is 4.90 Å².